The summed E-state index contributed by atoms with van der Waals surface area (Å²) in [5.41, 5.74) is 1.55. The summed E-state index contributed by atoms with van der Waals surface area (Å²) in [6, 6.07) is 9.11. The number of carbonyl (C=O) groups excluding carboxylic acids is 1. The fraction of sp³-hybridized carbons (Fsp3) is 0.421. The number of piperidine rings is 1. The third kappa shape index (κ3) is 4.26. The Morgan fingerprint density at radius 2 is 1.92 bits per heavy atom. The minimum atomic E-state index is 0.0334. The van der Waals surface area contributed by atoms with E-state index in [-0.39, 0.29) is 12.0 Å². The van der Waals surface area contributed by atoms with Gasteiger partial charge in [-0.1, -0.05) is 6.07 Å². The first-order chi connectivity index (χ1) is 12.0. The van der Waals surface area contributed by atoms with Gasteiger partial charge in [0.15, 0.2) is 0 Å². The number of methoxy groups -OCH3 is 1. The van der Waals surface area contributed by atoms with Crippen molar-refractivity contribution in [3.8, 4) is 11.6 Å². The molecule has 25 heavy (non-hydrogen) atoms. The number of likely N-dealkylation sites (tertiary alicyclic amines) is 1. The number of hydrogen-bond acceptors (Lipinski definition) is 5. The van der Waals surface area contributed by atoms with Crippen LogP contribution < -0.4 is 9.47 Å². The van der Waals surface area contributed by atoms with Crippen molar-refractivity contribution in [1.82, 2.24) is 14.9 Å². The third-order valence-corrected chi connectivity index (χ3v) is 4.28. The summed E-state index contributed by atoms with van der Waals surface area (Å²) in [4.78, 5) is 23.1. The lowest BCUT2D eigenvalue weighted by atomic mass is 10.1. The summed E-state index contributed by atoms with van der Waals surface area (Å²) in [6.07, 6.45) is 1.65. The van der Waals surface area contributed by atoms with Crippen LogP contribution in [0.15, 0.2) is 30.3 Å². The van der Waals surface area contributed by atoms with Crippen molar-refractivity contribution in [2.45, 2.75) is 32.8 Å². The molecule has 0 unspecified atom stereocenters. The second-order valence-corrected chi connectivity index (χ2v) is 6.24. The fourth-order valence-electron chi connectivity index (χ4n) is 3.03. The van der Waals surface area contributed by atoms with Gasteiger partial charge in [0, 0.05) is 43.3 Å². The molecule has 6 heteroatoms. The molecule has 0 saturated carbocycles. The summed E-state index contributed by atoms with van der Waals surface area (Å²) in [7, 11) is 1.60. The highest BCUT2D eigenvalue weighted by molar-refractivity contribution is 5.94. The molecular weight excluding hydrogens is 318 g/mol. The second kappa shape index (κ2) is 7.51. The third-order valence-electron chi connectivity index (χ3n) is 4.28. The van der Waals surface area contributed by atoms with E-state index in [2.05, 4.69) is 9.97 Å². The summed E-state index contributed by atoms with van der Waals surface area (Å²) in [5.74, 6) is 2.05. The van der Waals surface area contributed by atoms with Crippen LogP contribution in [0, 0.1) is 13.8 Å². The molecule has 1 aromatic carbocycles. The zero-order valence-corrected chi connectivity index (χ0v) is 14.9. The average Bonchev–Trinajstić information content (AvgIpc) is 2.61. The van der Waals surface area contributed by atoms with Gasteiger partial charge in [-0.2, -0.15) is 4.98 Å². The van der Waals surface area contributed by atoms with Crippen LogP contribution in [-0.2, 0) is 0 Å². The van der Waals surface area contributed by atoms with Gasteiger partial charge in [0.25, 0.3) is 5.91 Å². The number of hydrogen-bond donors (Lipinski definition) is 0. The van der Waals surface area contributed by atoms with E-state index in [0.717, 1.165) is 18.5 Å². The van der Waals surface area contributed by atoms with Crippen LogP contribution in [-0.4, -0.2) is 47.1 Å². The maximum Gasteiger partial charge on any atom is 0.253 e. The quantitative estimate of drug-likeness (QED) is 0.855. The van der Waals surface area contributed by atoms with Crippen molar-refractivity contribution < 1.29 is 14.3 Å². The van der Waals surface area contributed by atoms with E-state index in [1.807, 2.05) is 43.0 Å². The summed E-state index contributed by atoms with van der Waals surface area (Å²) in [6.45, 7) is 5.12. The molecule has 1 aliphatic heterocycles. The Kier molecular flexibility index (Phi) is 5.16. The molecule has 1 saturated heterocycles. The maximum atomic E-state index is 12.6. The Morgan fingerprint density at radius 3 is 2.60 bits per heavy atom. The van der Waals surface area contributed by atoms with E-state index < -0.39 is 0 Å². The molecule has 2 aromatic rings. The van der Waals surface area contributed by atoms with E-state index in [9.17, 15) is 4.79 Å². The number of nitrogens with zero attached hydrogens (tertiary/aromatic N) is 3. The normalized spacial score (nSPS) is 15.1. The first-order valence-electron chi connectivity index (χ1n) is 8.47. The Bertz CT molecular complexity index is 735. The molecule has 2 heterocycles. The van der Waals surface area contributed by atoms with Crippen molar-refractivity contribution in [2.75, 3.05) is 20.2 Å². The van der Waals surface area contributed by atoms with Gasteiger partial charge in [-0.05, 0) is 32.0 Å². The molecule has 1 aromatic heterocycles. The van der Waals surface area contributed by atoms with Crippen LogP contribution in [0.4, 0.5) is 0 Å². The lowest BCUT2D eigenvalue weighted by molar-refractivity contribution is 0.0587. The van der Waals surface area contributed by atoms with E-state index in [1.165, 1.54) is 0 Å². The first kappa shape index (κ1) is 17.2. The van der Waals surface area contributed by atoms with Crippen molar-refractivity contribution in [2.24, 2.45) is 0 Å². The highest BCUT2D eigenvalue weighted by Crippen LogP contribution is 2.21. The minimum absolute atomic E-state index is 0.0334. The van der Waals surface area contributed by atoms with Gasteiger partial charge in [-0.15, -0.1) is 0 Å². The number of amides is 1. The van der Waals surface area contributed by atoms with Crippen molar-refractivity contribution in [1.29, 1.82) is 0 Å². The predicted molar refractivity (Wildman–Crippen MR) is 94.1 cm³/mol. The smallest absolute Gasteiger partial charge is 0.253 e. The number of aromatic nitrogens is 2. The molecule has 0 aliphatic carbocycles. The molecule has 0 radical (unpaired) electrons. The fourth-order valence-corrected chi connectivity index (χ4v) is 3.03. The van der Waals surface area contributed by atoms with Gasteiger partial charge >= 0.3 is 0 Å². The van der Waals surface area contributed by atoms with E-state index >= 15 is 0 Å². The lowest BCUT2D eigenvalue weighted by Crippen LogP contribution is -2.41. The molecule has 0 atom stereocenters. The van der Waals surface area contributed by atoms with Gasteiger partial charge in [-0.3, -0.25) is 4.79 Å². The molecule has 3 rings (SSSR count). The van der Waals surface area contributed by atoms with Gasteiger partial charge in [0.1, 0.15) is 17.7 Å². The largest absolute Gasteiger partial charge is 0.497 e. The van der Waals surface area contributed by atoms with Gasteiger partial charge < -0.3 is 14.4 Å². The van der Waals surface area contributed by atoms with E-state index in [0.29, 0.717) is 36.1 Å². The van der Waals surface area contributed by atoms with Gasteiger partial charge in [0.05, 0.1) is 7.11 Å². The van der Waals surface area contributed by atoms with Crippen LogP contribution in [0.1, 0.15) is 34.7 Å². The standard InChI is InChI=1S/C19H23N3O3/c1-13-11-18(21-14(2)20-13)25-16-7-9-22(10-8-16)19(23)15-5-4-6-17(12-15)24-3/h4-6,11-12,16H,7-10H2,1-3H3. The highest BCUT2D eigenvalue weighted by Gasteiger charge is 2.25. The monoisotopic (exact) mass is 341 g/mol. The number of ether oxygens (including phenoxy) is 2. The molecule has 0 spiro atoms. The SMILES string of the molecule is COc1cccc(C(=O)N2CCC(Oc3cc(C)nc(C)n3)CC2)c1. The van der Waals surface area contributed by atoms with Crippen molar-refractivity contribution >= 4 is 5.91 Å². The zero-order valence-electron chi connectivity index (χ0n) is 14.9. The summed E-state index contributed by atoms with van der Waals surface area (Å²) in [5, 5.41) is 0. The highest BCUT2D eigenvalue weighted by atomic mass is 16.5. The van der Waals surface area contributed by atoms with Crippen LogP contribution in [0.3, 0.4) is 0 Å². The van der Waals surface area contributed by atoms with Crippen LogP contribution >= 0.6 is 0 Å². The van der Waals surface area contributed by atoms with E-state index in [4.69, 9.17) is 9.47 Å². The molecular formula is C19H23N3O3. The Labute approximate surface area is 147 Å². The average molecular weight is 341 g/mol. The maximum absolute atomic E-state index is 12.6. The van der Waals surface area contributed by atoms with Crippen LogP contribution in [0.2, 0.25) is 0 Å². The Balaban J connectivity index is 1.58. The van der Waals surface area contributed by atoms with Gasteiger partial charge in [0.2, 0.25) is 5.88 Å². The van der Waals surface area contributed by atoms with Crippen molar-refractivity contribution in [3.05, 3.63) is 47.4 Å². The second-order valence-electron chi connectivity index (χ2n) is 6.24. The molecule has 1 aliphatic rings. The minimum Gasteiger partial charge on any atom is -0.497 e. The van der Waals surface area contributed by atoms with Crippen molar-refractivity contribution in [3.63, 3.8) is 0 Å². The topological polar surface area (TPSA) is 64.5 Å². The Morgan fingerprint density at radius 1 is 1.16 bits per heavy atom. The first-order valence-corrected chi connectivity index (χ1v) is 8.47. The molecule has 1 fully saturated rings. The Hall–Kier alpha value is -2.63. The zero-order chi connectivity index (χ0) is 17.8. The molecule has 0 N–H and O–H groups in total. The van der Waals surface area contributed by atoms with E-state index in [1.54, 1.807) is 13.2 Å². The van der Waals surface area contributed by atoms with Gasteiger partial charge in [-0.25, -0.2) is 4.98 Å². The molecule has 132 valence electrons. The molecule has 6 nitrogen and oxygen atoms in total. The number of rotatable bonds is 4. The summed E-state index contributed by atoms with van der Waals surface area (Å²) < 4.78 is 11.2. The lowest BCUT2D eigenvalue weighted by Gasteiger charge is -2.32. The number of carbonyl (C=O) groups is 1. The van der Waals surface area contributed by atoms with Crippen LogP contribution in [0.5, 0.6) is 11.6 Å². The molecule has 1 amide bonds. The molecule has 0 bridgehead atoms. The predicted octanol–water partition coefficient (Wildman–Crippen LogP) is 2.79. The van der Waals surface area contributed by atoms with Crippen LogP contribution in [0.25, 0.3) is 0 Å². The number of aryl methyl sites for hydroxylation is 2. The summed E-state index contributed by atoms with van der Waals surface area (Å²) >= 11 is 0. The number of benzene rings is 1.